The second-order valence-corrected chi connectivity index (χ2v) is 4.82. The van der Waals surface area contributed by atoms with Crippen molar-refractivity contribution in [2.75, 3.05) is 20.2 Å². The normalized spacial score (nSPS) is 21.6. The summed E-state index contributed by atoms with van der Waals surface area (Å²) in [5, 5.41) is 11.5. The van der Waals surface area contributed by atoms with Gasteiger partial charge >= 0.3 is 18.0 Å². The van der Waals surface area contributed by atoms with E-state index in [2.05, 4.69) is 10.1 Å². The van der Waals surface area contributed by atoms with Gasteiger partial charge in [0.25, 0.3) is 0 Å². The van der Waals surface area contributed by atoms with E-state index in [1.54, 1.807) is 6.92 Å². The molecule has 1 heterocycles. The fraction of sp³-hybridized carbons (Fsp3) is 0.750. The van der Waals surface area contributed by atoms with E-state index >= 15 is 0 Å². The Morgan fingerprint density at radius 3 is 2.53 bits per heavy atom. The van der Waals surface area contributed by atoms with Crippen LogP contribution in [0.2, 0.25) is 0 Å². The minimum atomic E-state index is -0.957. The van der Waals surface area contributed by atoms with Crippen molar-refractivity contribution in [2.45, 2.75) is 26.3 Å². The van der Waals surface area contributed by atoms with Gasteiger partial charge in [-0.05, 0) is 20.3 Å². The molecule has 0 spiro atoms. The van der Waals surface area contributed by atoms with Crippen LogP contribution in [0.1, 0.15) is 20.3 Å². The highest BCUT2D eigenvalue weighted by Crippen LogP contribution is 2.17. The Balaban J connectivity index is 2.47. The molecule has 0 aliphatic carbocycles. The Kier molecular flexibility index (Phi) is 5.14. The second kappa shape index (κ2) is 6.40. The number of aliphatic carboxylic acids is 1. The average Bonchev–Trinajstić information content (AvgIpc) is 2.86. The fourth-order valence-electron chi connectivity index (χ4n) is 1.93. The van der Waals surface area contributed by atoms with E-state index in [0.29, 0.717) is 19.5 Å². The summed E-state index contributed by atoms with van der Waals surface area (Å²) in [7, 11) is 1.32. The Hall–Kier alpha value is -1.79. The molecule has 2 amide bonds. The number of carboxylic acid groups (broad SMARTS) is 1. The first kappa shape index (κ1) is 15.3. The number of nitrogens with one attached hydrogen (secondary N) is 1. The van der Waals surface area contributed by atoms with Crippen LogP contribution in [0.15, 0.2) is 0 Å². The zero-order valence-corrected chi connectivity index (χ0v) is 11.4. The van der Waals surface area contributed by atoms with Gasteiger partial charge in [0.1, 0.15) is 0 Å². The smallest absolute Gasteiger partial charge is 0.317 e. The topological polar surface area (TPSA) is 95.9 Å². The summed E-state index contributed by atoms with van der Waals surface area (Å²) < 4.78 is 4.64. The summed E-state index contributed by atoms with van der Waals surface area (Å²) in [6.07, 6.45) is 0.572. The number of hydrogen-bond acceptors (Lipinski definition) is 4. The van der Waals surface area contributed by atoms with Crippen LogP contribution < -0.4 is 5.32 Å². The van der Waals surface area contributed by atoms with Gasteiger partial charge < -0.3 is 20.1 Å². The van der Waals surface area contributed by atoms with Crippen molar-refractivity contribution < 1.29 is 24.2 Å². The Bertz CT molecular complexity index is 371. The van der Waals surface area contributed by atoms with Crippen LogP contribution in [-0.2, 0) is 14.3 Å². The number of nitrogens with zero attached hydrogens (tertiary/aromatic N) is 1. The van der Waals surface area contributed by atoms with Gasteiger partial charge in [0.05, 0.1) is 18.9 Å². The first-order chi connectivity index (χ1) is 8.86. The van der Waals surface area contributed by atoms with Crippen LogP contribution in [0.4, 0.5) is 4.79 Å². The molecule has 1 saturated heterocycles. The predicted octanol–water partition coefficient (Wildman–Crippen LogP) is 0.300. The minimum absolute atomic E-state index is 0.289. The summed E-state index contributed by atoms with van der Waals surface area (Å²) in [5.41, 5.74) is 0. The molecule has 3 atom stereocenters. The highest BCUT2D eigenvalue weighted by Gasteiger charge is 2.32. The van der Waals surface area contributed by atoms with E-state index in [4.69, 9.17) is 5.11 Å². The molecular formula is C12H20N2O5. The number of rotatable bonds is 4. The minimum Gasteiger partial charge on any atom is -0.481 e. The molecule has 0 aromatic rings. The molecule has 0 saturated carbocycles. The molecule has 1 rings (SSSR count). The number of carboxylic acids is 1. The highest BCUT2D eigenvalue weighted by molar-refractivity contribution is 5.79. The highest BCUT2D eigenvalue weighted by atomic mass is 16.5. The van der Waals surface area contributed by atoms with Crippen molar-refractivity contribution in [3.8, 4) is 0 Å². The molecule has 1 aliphatic rings. The summed E-state index contributed by atoms with van der Waals surface area (Å²) in [6, 6.07) is -0.811. The van der Waals surface area contributed by atoms with Crippen molar-refractivity contribution >= 4 is 18.0 Å². The lowest BCUT2D eigenvalue weighted by atomic mass is 10.0. The Morgan fingerprint density at radius 2 is 2.00 bits per heavy atom. The van der Waals surface area contributed by atoms with Crippen LogP contribution in [0.5, 0.6) is 0 Å². The molecule has 3 unspecified atom stereocenters. The van der Waals surface area contributed by atoms with E-state index in [-0.39, 0.29) is 17.9 Å². The van der Waals surface area contributed by atoms with Crippen LogP contribution in [0, 0.1) is 11.8 Å². The molecule has 0 aromatic carbocycles. The number of ether oxygens (including phenoxy) is 1. The molecule has 2 N–H and O–H groups in total. The van der Waals surface area contributed by atoms with Gasteiger partial charge in [-0.15, -0.1) is 0 Å². The van der Waals surface area contributed by atoms with Gasteiger partial charge in [-0.2, -0.15) is 0 Å². The van der Waals surface area contributed by atoms with Crippen molar-refractivity contribution in [1.82, 2.24) is 10.2 Å². The van der Waals surface area contributed by atoms with Crippen LogP contribution in [-0.4, -0.2) is 54.2 Å². The molecular weight excluding hydrogens is 252 g/mol. The lowest BCUT2D eigenvalue weighted by molar-refractivity contribution is -0.145. The van der Waals surface area contributed by atoms with E-state index in [1.807, 2.05) is 0 Å². The van der Waals surface area contributed by atoms with Crippen molar-refractivity contribution in [3.63, 3.8) is 0 Å². The third-order valence-electron chi connectivity index (χ3n) is 3.50. The number of urea groups is 1. The molecule has 7 nitrogen and oxygen atoms in total. The van der Waals surface area contributed by atoms with Gasteiger partial charge in [-0.3, -0.25) is 9.59 Å². The fourth-order valence-corrected chi connectivity index (χ4v) is 1.93. The van der Waals surface area contributed by atoms with E-state index < -0.39 is 17.9 Å². The number of amides is 2. The van der Waals surface area contributed by atoms with Crippen molar-refractivity contribution in [3.05, 3.63) is 0 Å². The van der Waals surface area contributed by atoms with E-state index in [9.17, 15) is 14.4 Å². The zero-order valence-electron chi connectivity index (χ0n) is 11.4. The van der Waals surface area contributed by atoms with Crippen molar-refractivity contribution in [1.29, 1.82) is 0 Å². The number of likely N-dealkylation sites (tertiary alicyclic amines) is 1. The molecule has 1 fully saturated rings. The number of carbonyl (C=O) groups is 3. The number of carbonyl (C=O) groups excluding carboxylic acids is 2. The zero-order chi connectivity index (χ0) is 14.6. The molecule has 0 aromatic heterocycles. The van der Waals surface area contributed by atoms with Gasteiger partial charge in [0, 0.05) is 19.1 Å². The summed E-state index contributed by atoms with van der Waals surface area (Å²) in [6.45, 7) is 3.96. The predicted molar refractivity (Wildman–Crippen MR) is 66.5 cm³/mol. The van der Waals surface area contributed by atoms with Gasteiger partial charge in [-0.1, -0.05) is 0 Å². The monoisotopic (exact) mass is 272 g/mol. The number of esters is 1. The molecule has 7 heteroatoms. The summed E-state index contributed by atoms with van der Waals surface area (Å²) in [5.74, 6) is -2.23. The Morgan fingerprint density at radius 1 is 1.37 bits per heavy atom. The van der Waals surface area contributed by atoms with Gasteiger partial charge in [0.15, 0.2) is 0 Å². The maximum atomic E-state index is 11.9. The third-order valence-corrected chi connectivity index (χ3v) is 3.50. The molecule has 108 valence electrons. The van der Waals surface area contributed by atoms with E-state index in [1.165, 1.54) is 18.9 Å². The molecule has 0 bridgehead atoms. The quantitative estimate of drug-likeness (QED) is 0.718. The number of methoxy groups -OCH3 is 1. The Labute approximate surface area is 111 Å². The lowest BCUT2D eigenvalue weighted by Crippen LogP contribution is -2.46. The first-order valence-electron chi connectivity index (χ1n) is 6.22. The molecule has 0 radical (unpaired) electrons. The largest absolute Gasteiger partial charge is 0.481 e. The van der Waals surface area contributed by atoms with Gasteiger partial charge in [0.2, 0.25) is 0 Å². The summed E-state index contributed by atoms with van der Waals surface area (Å²) in [4.78, 5) is 35.6. The van der Waals surface area contributed by atoms with Crippen LogP contribution in [0.3, 0.4) is 0 Å². The second-order valence-electron chi connectivity index (χ2n) is 4.82. The maximum absolute atomic E-state index is 11.9. The SMILES string of the molecule is COC(=O)C1CCN(C(=O)NC(C)C(C)C(=O)O)C1. The maximum Gasteiger partial charge on any atom is 0.317 e. The molecule has 19 heavy (non-hydrogen) atoms. The summed E-state index contributed by atoms with van der Waals surface area (Å²) >= 11 is 0. The third kappa shape index (κ3) is 3.84. The lowest BCUT2D eigenvalue weighted by Gasteiger charge is -2.22. The first-order valence-corrected chi connectivity index (χ1v) is 6.22. The van der Waals surface area contributed by atoms with Gasteiger partial charge in [-0.25, -0.2) is 4.79 Å². The van der Waals surface area contributed by atoms with Crippen LogP contribution >= 0.6 is 0 Å². The van der Waals surface area contributed by atoms with Crippen molar-refractivity contribution in [2.24, 2.45) is 11.8 Å². The average molecular weight is 272 g/mol. The molecule has 1 aliphatic heterocycles. The van der Waals surface area contributed by atoms with Crippen LogP contribution in [0.25, 0.3) is 0 Å². The van der Waals surface area contributed by atoms with E-state index in [0.717, 1.165) is 0 Å². The standard InChI is InChI=1S/C12H20N2O5/c1-7(10(15)16)8(2)13-12(18)14-5-4-9(6-14)11(17)19-3/h7-9H,4-6H2,1-3H3,(H,13,18)(H,15,16). The number of hydrogen-bond donors (Lipinski definition) is 2.